The number of ether oxygens (including phenoxy) is 3. The van der Waals surface area contributed by atoms with E-state index in [1.807, 2.05) is 11.0 Å². The number of carbonyl (C=O) groups is 2. The van der Waals surface area contributed by atoms with Gasteiger partial charge in [0.2, 0.25) is 11.7 Å². The molecule has 1 N–H and O–H groups in total. The van der Waals surface area contributed by atoms with Crippen molar-refractivity contribution in [3.8, 4) is 17.2 Å². The van der Waals surface area contributed by atoms with Gasteiger partial charge in [0.1, 0.15) is 0 Å². The molecule has 0 saturated carbocycles. The number of piperidine rings is 1. The van der Waals surface area contributed by atoms with Crippen molar-refractivity contribution in [3.63, 3.8) is 0 Å². The van der Waals surface area contributed by atoms with Crippen LogP contribution in [0, 0.1) is 0 Å². The van der Waals surface area contributed by atoms with Crippen molar-refractivity contribution in [2.75, 3.05) is 34.4 Å². The number of fused-ring (bicyclic) bond motifs is 1. The van der Waals surface area contributed by atoms with Crippen molar-refractivity contribution >= 4 is 22.6 Å². The van der Waals surface area contributed by atoms with Gasteiger partial charge in [-0.2, -0.15) is 0 Å². The number of hydrogen-bond donors (Lipinski definition) is 1. The molecule has 2 heterocycles. The highest BCUT2D eigenvalue weighted by Gasteiger charge is 2.26. The summed E-state index contributed by atoms with van der Waals surface area (Å²) < 4.78 is 16.4. The van der Waals surface area contributed by atoms with Crippen LogP contribution in [0.25, 0.3) is 10.9 Å². The lowest BCUT2D eigenvalue weighted by Crippen LogP contribution is -2.38. The Labute approximate surface area is 193 Å². The molecule has 7 heteroatoms. The SMILES string of the molecule is COc1cc2[nH]cc(C(=O)CCC(=O)N3CCC(c4ccccc4)CC3)c2c(OC)c1OC. The van der Waals surface area contributed by atoms with Crippen LogP contribution in [0.2, 0.25) is 0 Å². The van der Waals surface area contributed by atoms with Crippen LogP contribution in [0.3, 0.4) is 0 Å². The smallest absolute Gasteiger partial charge is 0.223 e. The van der Waals surface area contributed by atoms with E-state index in [-0.39, 0.29) is 24.5 Å². The van der Waals surface area contributed by atoms with Gasteiger partial charge in [0, 0.05) is 43.8 Å². The minimum Gasteiger partial charge on any atom is -0.493 e. The fourth-order valence-corrected chi connectivity index (χ4v) is 4.68. The van der Waals surface area contributed by atoms with Crippen LogP contribution in [0.1, 0.15) is 47.5 Å². The largest absolute Gasteiger partial charge is 0.493 e. The third-order valence-electron chi connectivity index (χ3n) is 6.46. The van der Waals surface area contributed by atoms with E-state index in [1.165, 1.54) is 19.8 Å². The second-order valence-electron chi connectivity index (χ2n) is 8.26. The number of methoxy groups -OCH3 is 3. The first-order chi connectivity index (χ1) is 16.1. The summed E-state index contributed by atoms with van der Waals surface area (Å²) in [6, 6.07) is 12.2. The number of carbonyl (C=O) groups excluding carboxylic acids is 2. The van der Waals surface area contributed by atoms with Crippen LogP contribution < -0.4 is 14.2 Å². The maximum Gasteiger partial charge on any atom is 0.223 e. The lowest BCUT2D eigenvalue weighted by molar-refractivity contribution is -0.132. The molecule has 1 aliphatic heterocycles. The summed E-state index contributed by atoms with van der Waals surface area (Å²) in [6.45, 7) is 1.45. The minimum absolute atomic E-state index is 0.0286. The van der Waals surface area contributed by atoms with Gasteiger partial charge in [-0.15, -0.1) is 0 Å². The molecule has 1 fully saturated rings. The molecule has 174 valence electrons. The van der Waals surface area contributed by atoms with Crippen LogP contribution >= 0.6 is 0 Å². The van der Waals surface area contributed by atoms with Gasteiger partial charge < -0.3 is 24.1 Å². The fraction of sp³-hybridized carbons (Fsp3) is 0.385. The number of benzene rings is 2. The van der Waals surface area contributed by atoms with E-state index in [0.29, 0.717) is 39.6 Å². The number of ketones is 1. The summed E-state index contributed by atoms with van der Waals surface area (Å²) in [5, 5.41) is 0.635. The average molecular weight is 451 g/mol. The van der Waals surface area contributed by atoms with Gasteiger partial charge in [-0.25, -0.2) is 0 Å². The number of amides is 1. The van der Waals surface area contributed by atoms with Gasteiger partial charge >= 0.3 is 0 Å². The highest BCUT2D eigenvalue weighted by Crippen LogP contribution is 2.44. The minimum atomic E-state index is -0.112. The Morgan fingerprint density at radius 2 is 1.67 bits per heavy atom. The first-order valence-electron chi connectivity index (χ1n) is 11.2. The van der Waals surface area contributed by atoms with E-state index >= 15 is 0 Å². The first-order valence-corrected chi connectivity index (χ1v) is 11.2. The van der Waals surface area contributed by atoms with Crippen molar-refractivity contribution in [3.05, 3.63) is 53.7 Å². The van der Waals surface area contributed by atoms with Crippen LogP contribution in [-0.2, 0) is 4.79 Å². The molecule has 33 heavy (non-hydrogen) atoms. The molecule has 1 amide bonds. The molecular weight excluding hydrogens is 420 g/mol. The Hall–Kier alpha value is -3.48. The predicted octanol–water partition coefficient (Wildman–Crippen LogP) is 4.56. The summed E-state index contributed by atoms with van der Waals surface area (Å²) in [6.07, 6.45) is 3.89. The number of aromatic amines is 1. The second kappa shape index (κ2) is 9.98. The molecule has 0 aliphatic carbocycles. The summed E-state index contributed by atoms with van der Waals surface area (Å²) in [4.78, 5) is 30.8. The number of nitrogens with zero attached hydrogens (tertiary/aromatic N) is 1. The normalized spacial score (nSPS) is 14.3. The van der Waals surface area contributed by atoms with Gasteiger partial charge in [0.25, 0.3) is 0 Å². The molecule has 0 atom stereocenters. The van der Waals surface area contributed by atoms with E-state index in [2.05, 4.69) is 29.2 Å². The Morgan fingerprint density at radius 3 is 2.30 bits per heavy atom. The molecule has 1 aromatic heterocycles. The lowest BCUT2D eigenvalue weighted by atomic mass is 9.89. The quantitative estimate of drug-likeness (QED) is 0.509. The monoisotopic (exact) mass is 450 g/mol. The Kier molecular flexibility index (Phi) is 6.87. The summed E-state index contributed by atoms with van der Waals surface area (Å²) in [5.74, 6) is 1.78. The molecule has 0 unspecified atom stereocenters. The summed E-state index contributed by atoms with van der Waals surface area (Å²) >= 11 is 0. The molecule has 0 radical (unpaired) electrons. The van der Waals surface area contributed by atoms with Crippen molar-refractivity contribution in [1.82, 2.24) is 9.88 Å². The van der Waals surface area contributed by atoms with Crippen molar-refractivity contribution in [1.29, 1.82) is 0 Å². The zero-order valence-corrected chi connectivity index (χ0v) is 19.3. The predicted molar refractivity (Wildman–Crippen MR) is 127 cm³/mol. The number of hydrogen-bond acceptors (Lipinski definition) is 5. The molecule has 0 spiro atoms. The fourth-order valence-electron chi connectivity index (χ4n) is 4.68. The summed E-state index contributed by atoms with van der Waals surface area (Å²) in [5.41, 5.74) is 2.53. The summed E-state index contributed by atoms with van der Waals surface area (Å²) in [7, 11) is 4.60. The van der Waals surface area contributed by atoms with Crippen molar-refractivity contribution in [2.45, 2.75) is 31.6 Å². The maximum atomic E-state index is 13.0. The maximum absolute atomic E-state index is 13.0. The van der Waals surface area contributed by atoms with Crippen molar-refractivity contribution < 1.29 is 23.8 Å². The van der Waals surface area contributed by atoms with Gasteiger partial charge in [0.05, 0.1) is 32.2 Å². The molecule has 1 aliphatic rings. The van der Waals surface area contributed by atoms with E-state index in [0.717, 1.165) is 25.9 Å². The van der Waals surface area contributed by atoms with Gasteiger partial charge in [-0.3, -0.25) is 9.59 Å². The van der Waals surface area contributed by atoms with Crippen LogP contribution in [0.15, 0.2) is 42.6 Å². The highest BCUT2D eigenvalue weighted by atomic mass is 16.5. The average Bonchev–Trinajstić information content (AvgIpc) is 3.30. The number of aromatic nitrogens is 1. The third kappa shape index (κ3) is 4.53. The van der Waals surface area contributed by atoms with E-state index in [4.69, 9.17) is 14.2 Å². The third-order valence-corrected chi connectivity index (χ3v) is 6.46. The molecular formula is C26H30N2O5. The lowest BCUT2D eigenvalue weighted by Gasteiger charge is -2.32. The topological polar surface area (TPSA) is 80.9 Å². The molecule has 4 rings (SSSR count). The van der Waals surface area contributed by atoms with E-state index in [9.17, 15) is 9.59 Å². The van der Waals surface area contributed by atoms with Gasteiger partial charge in [-0.05, 0) is 24.3 Å². The first kappa shape index (κ1) is 22.7. The van der Waals surface area contributed by atoms with Crippen molar-refractivity contribution in [2.24, 2.45) is 0 Å². The molecule has 2 aromatic carbocycles. The Bertz CT molecular complexity index is 1130. The van der Waals surface area contributed by atoms with Gasteiger partial charge in [0.15, 0.2) is 17.3 Å². The van der Waals surface area contributed by atoms with Crippen LogP contribution in [0.5, 0.6) is 17.2 Å². The standard InChI is InChI=1S/C26H30N2O5/c1-31-22-15-20-24(26(33-3)25(22)32-2)19(16-27-20)21(29)9-10-23(30)28-13-11-18(12-14-28)17-7-5-4-6-8-17/h4-8,15-16,18,27H,9-14H2,1-3H3. The highest BCUT2D eigenvalue weighted by molar-refractivity contribution is 6.11. The van der Waals surface area contributed by atoms with Crippen LogP contribution in [-0.4, -0.2) is 56.0 Å². The number of likely N-dealkylation sites (tertiary alicyclic amines) is 1. The number of nitrogens with one attached hydrogen (secondary N) is 1. The molecule has 3 aromatic rings. The second-order valence-corrected chi connectivity index (χ2v) is 8.26. The number of rotatable bonds is 8. The molecule has 1 saturated heterocycles. The zero-order valence-electron chi connectivity index (χ0n) is 19.3. The van der Waals surface area contributed by atoms with Gasteiger partial charge in [-0.1, -0.05) is 30.3 Å². The molecule has 7 nitrogen and oxygen atoms in total. The van der Waals surface area contributed by atoms with E-state index in [1.54, 1.807) is 19.4 Å². The van der Waals surface area contributed by atoms with Crippen LogP contribution in [0.4, 0.5) is 0 Å². The Morgan fingerprint density at radius 1 is 0.970 bits per heavy atom. The number of H-pyrrole nitrogens is 1. The zero-order chi connectivity index (χ0) is 23.4. The van der Waals surface area contributed by atoms with E-state index < -0.39 is 0 Å². The molecule has 0 bridgehead atoms. The number of Topliss-reactive ketones (excluding diaryl/α,β-unsaturated/α-hetero) is 1. The Balaban J connectivity index is 1.41.